The van der Waals surface area contributed by atoms with Crippen LogP contribution in [0, 0.1) is 5.92 Å². The van der Waals surface area contributed by atoms with Gasteiger partial charge < -0.3 is 10.0 Å². The van der Waals surface area contributed by atoms with Gasteiger partial charge in [-0.15, -0.1) is 0 Å². The Morgan fingerprint density at radius 2 is 2.13 bits per heavy atom. The van der Waals surface area contributed by atoms with E-state index in [0.29, 0.717) is 5.92 Å². The fourth-order valence-corrected chi connectivity index (χ4v) is 2.45. The predicted molar refractivity (Wildman–Crippen MR) is 65.0 cm³/mol. The number of rotatable bonds is 6. The lowest BCUT2D eigenvalue weighted by Crippen LogP contribution is -2.39. The topological polar surface area (TPSA) is 23.5 Å². The molecule has 1 rings (SSSR count). The van der Waals surface area contributed by atoms with Crippen LogP contribution in [0.1, 0.15) is 52.4 Å². The molecule has 0 aromatic heterocycles. The van der Waals surface area contributed by atoms with Gasteiger partial charge in [0.2, 0.25) is 0 Å². The van der Waals surface area contributed by atoms with Crippen molar-refractivity contribution in [3.8, 4) is 0 Å². The standard InChI is InChI=1S/C13H27NO/c1-3-4-5-6-9-14-10-7-8-13(11-14)12(2)15/h12-13,15H,3-11H2,1-2H3. The van der Waals surface area contributed by atoms with E-state index in [2.05, 4.69) is 11.8 Å². The molecule has 1 heterocycles. The first kappa shape index (κ1) is 13.0. The molecule has 0 saturated carbocycles. The maximum absolute atomic E-state index is 9.58. The molecule has 0 amide bonds. The van der Waals surface area contributed by atoms with E-state index in [-0.39, 0.29) is 6.10 Å². The fraction of sp³-hybridized carbons (Fsp3) is 1.00. The number of aliphatic hydroxyl groups is 1. The van der Waals surface area contributed by atoms with E-state index >= 15 is 0 Å². The van der Waals surface area contributed by atoms with Crippen LogP contribution in [0.15, 0.2) is 0 Å². The fourth-order valence-electron chi connectivity index (χ4n) is 2.45. The predicted octanol–water partition coefficient (Wildman–Crippen LogP) is 2.66. The molecule has 0 radical (unpaired) electrons. The van der Waals surface area contributed by atoms with Crippen molar-refractivity contribution < 1.29 is 5.11 Å². The Kier molecular flexibility index (Phi) is 6.26. The molecule has 0 aliphatic carbocycles. The van der Waals surface area contributed by atoms with Gasteiger partial charge in [0.15, 0.2) is 0 Å². The van der Waals surface area contributed by atoms with Crippen molar-refractivity contribution in [3.63, 3.8) is 0 Å². The third-order valence-corrected chi connectivity index (χ3v) is 3.55. The number of likely N-dealkylation sites (tertiary alicyclic amines) is 1. The highest BCUT2D eigenvalue weighted by molar-refractivity contribution is 4.76. The van der Waals surface area contributed by atoms with E-state index in [1.165, 1.54) is 51.6 Å². The molecular weight excluding hydrogens is 186 g/mol. The number of piperidine rings is 1. The van der Waals surface area contributed by atoms with Gasteiger partial charge in [-0.1, -0.05) is 26.2 Å². The van der Waals surface area contributed by atoms with E-state index in [4.69, 9.17) is 0 Å². The van der Waals surface area contributed by atoms with Gasteiger partial charge in [-0.25, -0.2) is 0 Å². The molecule has 1 saturated heterocycles. The van der Waals surface area contributed by atoms with Crippen LogP contribution < -0.4 is 0 Å². The van der Waals surface area contributed by atoms with Crippen molar-refractivity contribution in [2.45, 2.75) is 58.5 Å². The minimum atomic E-state index is -0.122. The molecular formula is C13H27NO. The zero-order valence-electron chi connectivity index (χ0n) is 10.4. The molecule has 0 bridgehead atoms. The summed E-state index contributed by atoms with van der Waals surface area (Å²) in [5, 5.41) is 9.58. The highest BCUT2D eigenvalue weighted by Crippen LogP contribution is 2.19. The number of nitrogens with zero attached hydrogens (tertiary/aromatic N) is 1. The number of unbranched alkanes of at least 4 members (excludes halogenated alkanes) is 3. The van der Waals surface area contributed by atoms with Crippen molar-refractivity contribution in [1.29, 1.82) is 0 Å². The van der Waals surface area contributed by atoms with Crippen molar-refractivity contribution in [2.24, 2.45) is 5.92 Å². The molecule has 0 aromatic rings. The summed E-state index contributed by atoms with van der Waals surface area (Å²) >= 11 is 0. The van der Waals surface area contributed by atoms with Crippen LogP contribution in [0.3, 0.4) is 0 Å². The summed E-state index contributed by atoms with van der Waals surface area (Å²) in [6.45, 7) is 7.79. The molecule has 15 heavy (non-hydrogen) atoms. The third-order valence-electron chi connectivity index (χ3n) is 3.55. The zero-order chi connectivity index (χ0) is 11.1. The molecule has 1 aliphatic heterocycles. The lowest BCUT2D eigenvalue weighted by Gasteiger charge is -2.34. The van der Waals surface area contributed by atoms with Crippen LogP contribution in [0.2, 0.25) is 0 Å². The van der Waals surface area contributed by atoms with Gasteiger partial charge in [0.25, 0.3) is 0 Å². The highest BCUT2D eigenvalue weighted by atomic mass is 16.3. The number of hydrogen-bond donors (Lipinski definition) is 1. The maximum atomic E-state index is 9.58. The third kappa shape index (κ3) is 4.98. The maximum Gasteiger partial charge on any atom is 0.0552 e. The van der Waals surface area contributed by atoms with E-state index in [9.17, 15) is 5.11 Å². The molecule has 2 heteroatoms. The number of hydrogen-bond acceptors (Lipinski definition) is 2. The van der Waals surface area contributed by atoms with Crippen molar-refractivity contribution in [2.75, 3.05) is 19.6 Å². The second kappa shape index (κ2) is 7.24. The summed E-state index contributed by atoms with van der Waals surface area (Å²) in [6, 6.07) is 0. The smallest absolute Gasteiger partial charge is 0.0552 e. The summed E-state index contributed by atoms with van der Waals surface area (Å²) in [5.74, 6) is 0.518. The van der Waals surface area contributed by atoms with Gasteiger partial charge >= 0.3 is 0 Å². The average molecular weight is 213 g/mol. The van der Waals surface area contributed by atoms with Gasteiger partial charge in [0, 0.05) is 6.54 Å². The minimum Gasteiger partial charge on any atom is -0.393 e. The van der Waals surface area contributed by atoms with E-state index in [1.54, 1.807) is 0 Å². The molecule has 1 N–H and O–H groups in total. The SMILES string of the molecule is CCCCCCN1CCCC(C(C)O)C1. The molecule has 0 spiro atoms. The first-order chi connectivity index (χ1) is 7.24. The van der Waals surface area contributed by atoms with Gasteiger partial charge in [0.1, 0.15) is 0 Å². The van der Waals surface area contributed by atoms with Crippen LogP contribution in [0.25, 0.3) is 0 Å². The van der Waals surface area contributed by atoms with Crippen molar-refractivity contribution >= 4 is 0 Å². The Hall–Kier alpha value is -0.0800. The molecule has 90 valence electrons. The Bertz CT molecular complexity index is 159. The number of aliphatic hydroxyl groups excluding tert-OH is 1. The highest BCUT2D eigenvalue weighted by Gasteiger charge is 2.22. The molecule has 2 unspecified atom stereocenters. The summed E-state index contributed by atoms with van der Waals surface area (Å²) in [5.41, 5.74) is 0. The van der Waals surface area contributed by atoms with Gasteiger partial charge in [-0.05, 0) is 45.2 Å². The van der Waals surface area contributed by atoms with Crippen LogP contribution in [-0.4, -0.2) is 35.7 Å². The lowest BCUT2D eigenvalue weighted by molar-refractivity contribution is 0.0622. The summed E-state index contributed by atoms with van der Waals surface area (Å²) in [6.07, 6.45) is 7.74. The molecule has 2 nitrogen and oxygen atoms in total. The Morgan fingerprint density at radius 1 is 1.33 bits per heavy atom. The quantitative estimate of drug-likeness (QED) is 0.686. The van der Waals surface area contributed by atoms with Crippen molar-refractivity contribution in [3.05, 3.63) is 0 Å². The first-order valence-corrected chi connectivity index (χ1v) is 6.64. The monoisotopic (exact) mass is 213 g/mol. The molecule has 2 atom stereocenters. The molecule has 1 fully saturated rings. The second-order valence-corrected chi connectivity index (χ2v) is 5.00. The normalized spacial score (nSPS) is 25.4. The second-order valence-electron chi connectivity index (χ2n) is 5.00. The summed E-state index contributed by atoms with van der Waals surface area (Å²) in [4.78, 5) is 2.54. The van der Waals surface area contributed by atoms with E-state index in [0.717, 1.165) is 6.54 Å². The lowest BCUT2D eigenvalue weighted by atomic mass is 9.93. The first-order valence-electron chi connectivity index (χ1n) is 6.64. The Balaban J connectivity index is 2.13. The largest absolute Gasteiger partial charge is 0.393 e. The summed E-state index contributed by atoms with van der Waals surface area (Å²) in [7, 11) is 0. The van der Waals surface area contributed by atoms with E-state index in [1.807, 2.05) is 6.92 Å². The molecule has 1 aliphatic rings. The minimum absolute atomic E-state index is 0.122. The molecule has 0 aromatic carbocycles. The van der Waals surface area contributed by atoms with Gasteiger partial charge in [-0.2, -0.15) is 0 Å². The van der Waals surface area contributed by atoms with Gasteiger partial charge in [0.05, 0.1) is 6.10 Å². The zero-order valence-corrected chi connectivity index (χ0v) is 10.4. The summed E-state index contributed by atoms with van der Waals surface area (Å²) < 4.78 is 0. The average Bonchev–Trinajstić information content (AvgIpc) is 2.25. The van der Waals surface area contributed by atoms with E-state index < -0.39 is 0 Å². The van der Waals surface area contributed by atoms with Gasteiger partial charge in [-0.3, -0.25) is 0 Å². The Morgan fingerprint density at radius 3 is 2.80 bits per heavy atom. The van der Waals surface area contributed by atoms with Crippen molar-refractivity contribution in [1.82, 2.24) is 4.90 Å². The van der Waals surface area contributed by atoms with Crippen LogP contribution in [0.4, 0.5) is 0 Å². The Labute approximate surface area is 94.7 Å². The van der Waals surface area contributed by atoms with Crippen LogP contribution in [-0.2, 0) is 0 Å². The van der Waals surface area contributed by atoms with Crippen LogP contribution in [0.5, 0.6) is 0 Å². The van der Waals surface area contributed by atoms with Crippen LogP contribution >= 0.6 is 0 Å².